The van der Waals surface area contributed by atoms with Crippen LogP contribution in [0.25, 0.3) is 53.2 Å². The molecule has 9 aromatic carbocycles. The molecule has 1 aromatic heterocycles. The Morgan fingerprint density at radius 3 is 1.77 bits per heavy atom. The van der Waals surface area contributed by atoms with Crippen molar-refractivity contribution >= 4 is 59.3 Å². The number of benzene rings is 9. The highest BCUT2D eigenvalue weighted by Crippen LogP contribution is 2.62. The molecule has 1 spiro atoms. The molecule has 0 atom stereocenters. The summed E-state index contributed by atoms with van der Waals surface area (Å²) in [6.07, 6.45) is 0. The van der Waals surface area contributed by atoms with Crippen LogP contribution in [0.3, 0.4) is 0 Å². The van der Waals surface area contributed by atoms with E-state index in [1.807, 2.05) is 11.3 Å². The van der Waals surface area contributed by atoms with Gasteiger partial charge in [-0.05, 0) is 98.8 Å². The van der Waals surface area contributed by atoms with E-state index in [1.165, 1.54) is 64.3 Å². The summed E-state index contributed by atoms with van der Waals surface area (Å²) < 4.78 is 9.36. The predicted octanol–water partition coefficient (Wildman–Crippen LogP) is 14.8. The Balaban J connectivity index is 1.18. The second kappa shape index (κ2) is 12.0. The van der Waals surface area contributed by atoms with Crippen molar-refractivity contribution in [2.24, 2.45) is 0 Å². The first-order valence-corrected chi connectivity index (χ1v) is 20.0. The molecule has 2 heterocycles. The van der Waals surface area contributed by atoms with Gasteiger partial charge in [-0.1, -0.05) is 146 Å². The second-order valence-electron chi connectivity index (χ2n) is 14.8. The van der Waals surface area contributed by atoms with Crippen LogP contribution in [0.5, 0.6) is 11.5 Å². The summed E-state index contributed by atoms with van der Waals surface area (Å²) in [4.78, 5) is 2.42. The van der Waals surface area contributed by atoms with Crippen LogP contribution in [-0.4, -0.2) is 0 Å². The fourth-order valence-electron chi connectivity index (χ4n) is 9.63. The minimum Gasteiger partial charge on any atom is -0.457 e. The van der Waals surface area contributed by atoms with Crippen LogP contribution in [0, 0.1) is 0 Å². The van der Waals surface area contributed by atoms with Crippen molar-refractivity contribution in [1.82, 2.24) is 0 Å². The van der Waals surface area contributed by atoms with Crippen LogP contribution in [-0.2, 0) is 5.41 Å². The Bertz CT molecular complexity index is 3140. The summed E-state index contributed by atoms with van der Waals surface area (Å²) in [6, 6.07) is 73.3. The molecular weight excluding hydrogens is 699 g/mol. The van der Waals surface area contributed by atoms with Gasteiger partial charge < -0.3 is 9.64 Å². The van der Waals surface area contributed by atoms with E-state index in [0.29, 0.717) is 0 Å². The molecule has 10 aromatic rings. The third-order valence-electron chi connectivity index (χ3n) is 11.9. The largest absolute Gasteiger partial charge is 0.457 e. The molecule has 0 bridgehead atoms. The maximum absolute atomic E-state index is 6.77. The summed E-state index contributed by atoms with van der Waals surface area (Å²) in [5.74, 6) is 1.77. The van der Waals surface area contributed by atoms with Crippen molar-refractivity contribution in [3.63, 3.8) is 0 Å². The van der Waals surface area contributed by atoms with E-state index in [-0.39, 0.29) is 0 Å². The lowest BCUT2D eigenvalue weighted by Gasteiger charge is -2.45. The van der Waals surface area contributed by atoms with Crippen molar-refractivity contribution in [3.8, 4) is 33.8 Å². The predicted molar refractivity (Wildman–Crippen MR) is 234 cm³/mol. The van der Waals surface area contributed by atoms with Crippen LogP contribution in [0.1, 0.15) is 22.3 Å². The zero-order chi connectivity index (χ0) is 36.8. The van der Waals surface area contributed by atoms with Crippen molar-refractivity contribution in [2.75, 3.05) is 4.90 Å². The summed E-state index contributed by atoms with van der Waals surface area (Å²) in [5.41, 5.74) is 12.4. The van der Waals surface area contributed by atoms with Crippen molar-refractivity contribution < 1.29 is 4.74 Å². The molecule has 0 fully saturated rings. The Morgan fingerprint density at radius 2 is 0.964 bits per heavy atom. The van der Waals surface area contributed by atoms with E-state index in [9.17, 15) is 0 Å². The van der Waals surface area contributed by atoms with Gasteiger partial charge in [0, 0.05) is 48.4 Å². The topological polar surface area (TPSA) is 12.5 Å². The molecule has 2 nitrogen and oxygen atoms in total. The lowest BCUT2D eigenvalue weighted by atomic mass is 9.58. The fourth-order valence-corrected chi connectivity index (χ4v) is 10.8. The van der Waals surface area contributed by atoms with Crippen LogP contribution in [0.2, 0.25) is 0 Å². The van der Waals surface area contributed by atoms with Crippen molar-refractivity contribution in [1.29, 1.82) is 0 Å². The number of thiophene rings is 1. The molecule has 12 rings (SSSR count). The van der Waals surface area contributed by atoms with Crippen molar-refractivity contribution in [2.45, 2.75) is 5.41 Å². The Morgan fingerprint density at radius 1 is 0.375 bits per heavy atom. The molecule has 0 radical (unpaired) electrons. The van der Waals surface area contributed by atoms with E-state index in [1.54, 1.807) is 0 Å². The molecule has 0 N–H and O–H groups in total. The van der Waals surface area contributed by atoms with Gasteiger partial charge in [-0.2, -0.15) is 0 Å². The highest BCUT2D eigenvalue weighted by Gasteiger charge is 2.49. The van der Waals surface area contributed by atoms with E-state index in [2.05, 4.69) is 205 Å². The number of nitrogens with zero attached hydrogens (tertiary/aromatic N) is 1. The zero-order valence-corrected chi connectivity index (χ0v) is 31.1. The third kappa shape index (κ3) is 4.38. The molecule has 2 aliphatic rings. The molecule has 0 amide bonds. The van der Waals surface area contributed by atoms with E-state index < -0.39 is 5.41 Å². The van der Waals surface area contributed by atoms with Gasteiger partial charge in [0.2, 0.25) is 0 Å². The monoisotopic (exact) mass is 731 g/mol. The average molecular weight is 732 g/mol. The molecule has 0 saturated heterocycles. The first kappa shape index (κ1) is 31.4. The Hall–Kier alpha value is -6.94. The minimum atomic E-state index is -0.656. The third-order valence-corrected chi connectivity index (χ3v) is 13.1. The second-order valence-corrected chi connectivity index (χ2v) is 15.9. The standard InChI is InChI=1S/C53H33NOS/c1-3-14-34(15-4-1)38-30-31-43-39-28-26-36(54(35-16-5-2-6-17-35)37-27-29-41-40-18-7-12-25-50(40)56-51(41)33-37)32-47(39)53(46-22-13-19-42(38)52(43)46)44-20-8-10-23-48(44)55-49-24-11-9-21-45(49)53/h1-33H. The molecule has 262 valence electrons. The van der Waals surface area contributed by atoms with Crippen LogP contribution < -0.4 is 9.64 Å². The molecule has 3 heteroatoms. The van der Waals surface area contributed by atoms with Crippen molar-refractivity contribution in [3.05, 3.63) is 222 Å². The van der Waals surface area contributed by atoms with Crippen LogP contribution in [0.15, 0.2) is 200 Å². The van der Waals surface area contributed by atoms with Gasteiger partial charge in [0.05, 0.1) is 5.41 Å². The van der Waals surface area contributed by atoms with Gasteiger partial charge in [-0.25, -0.2) is 0 Å². The van der Waals surface area contributed by atoms with E-state index in [0.717, 1.165) is 39.7 Å². The van der Waals surface area contributed by atoms with Gasteiger partial charge in [0.15, 0.2) is 0 Å². The normalized spacial score (nSPS) is 13.3. The lowest BCUT2D eigenvalue weighted by molar-refractivity contribution is 0.435. The first-order valence-electron chi connectivity index (χ1n) is 19.2. The number of hydrogen-bond donors (Lipinski definition) is 0. The number of para-hydroxylation sites is 3. The van der Waals surface area contributed by atoms with Crippen LogP contribution in [0.4, 0.5) is 17.1 Å². The zero-order valence-electron chi connectivity index (χ0n) is 30.3. The molecular formula is C53H33NOS. The number of ether oxygens (including phenoxy) is 1. The highest BCUT2D eigenvalue weighted by molar-refractivity contribution is 7.25. The summed E-state index contributed by atoms with van der Waals surface area (Å²) in [7, 11) is 0. The fraction of sp³-hybridized carbons (Fsp3) is 0.0189. The maximum atomic E-state index is 6.77. The van der Waals surface area contributed by atoms with E-state index >= 15 is 0 Å². The summed E-state index contributed by atoms with van der Waals surface area (Å²) in [6.45, 7) is 0. The van der Waals surface area contributed by atoms with Gasteiger partial charge >= 0.3 is 0 Å². The van der Waals surface area contributed by atoms with Gasteiger partial charge in [-0.3, -0.25) is 0 Å². The quantitative estimate of drug-likeness (QED) is 0.179. The Labute approximate surface area is 329 Å². The smallest absolute Gasteiger partial charge is 0.132 e. The lowest BCUT2D eigenvalue weighted by Crippen LogP contribution is -2.36. The molecule has 0 saturated carbocycles. The molecule has 56 heavy (non-hydrogen) atoms. The van der Waals surface area contributed by atoms with E-state index in [4.69, 9.17) is 4.74 Å². The highest BCUT2D eigenvalue weighted by atomic mass is 32.1. The molecule has 0 unspecified atom stereocenters. The molecule has 1 aliphatic carbocycles. The van der Waals surface area contributed by atoms with Gasteiger partial charge in [-0.15, -0.1) is 11.3 Å². The van der Waals surface area contributed by atoms with Gasteiger partial charge in [0.25, 0.3) is 0 Å². The minimum absolute atomic E-state index is 0.656. The maximum Gasteiger partial charge on any atom is 0.132 e. The first-order chi connectivity index (χ1) is 27.8. The number of hydrogen-bond acceptors (Lipinski definition) is 3. The molecule has 1 aliphatic heterocycles. The number of fused-ring (bicyclic) bond motifs is 11. The number of rotatable bonds is 4. The summed E-state index contributed by atoms with van der Waals surface area (Å²) >= 11 is 1.86. The average Bonchev–Trinajstić information content (AvgIpc) is 3.64. The van der Waals surface area contributed by atoms with Crippen LogP contribution >= 0.6 is 11.3 Å². The SMILES string of the molecule is c1ccc(-c2ccc3c4c(cccc24)C2(c4ccccc4Oc4ccccc42)c2cc(N(c4ccccc4)c4ccc5c(c4)sc4ccccc45)ccc2-3)cc1. The van der Waals surface area contributed by atoms with Gasteiger partial charge in [0.1, 0.15) is 11.5 Å². The summed E-state index contributed by atoms with van der Waals surface area (Å²) in [5, 5.41) is 5.14. The Kier molecular flexibility index (Phi) is 6.75. The number of anilines is 3.